The summed E-state index contributed by atoms with van der Waals surface area (Å²) >= 11 is 12.2. The Labute approximate surface area is 251 Å². The first kappa shape index (κ1) is 27.4. The molecule has 42 heavy (non-hydrogen) atoms. The number of aromatic nitrogens is 1. The van der Waals surface area contributed by atoms with Crippen molar-refractivity contribution in [2.24, 2.45) is 0 Å². The number of anilines is 1. The van der Waals surface area contributed by atoms with E-state index in [1.807, 2.05) is 71.6 Å². The number of carbonyl (C=O) groups excluding carboxylic acids is 1. The molecular weight excluding hydrogens is 572 g/mol. The third-order valence-corrected chi connectivity index (χ3v) is 7.92. The molecule has 0 saturated carbocycles. The zero-order chi connectivity index (χ0) is 29.2. The second-order valence-electron chi connectivity index (χ2n) is 9.85. The first-order chi connectivity index (χ1) is 20.4. The Bertz CT molecular complexity index is 1800. The number of amides is 1. The summed E-state index contributed by atoms with van der Waals surface area (Å²) in [5, 5.41) is 18.7. The predicted octanol–water partition coefficient (Wildman–Crippen LogP) is 6.85. The first-order valence-electron chi connectivity index (χ1n) is 13.3. The van der Waals surface area contributed by atoms with Gasteiger partial charge in [-0.3, -0.25) is 9.78 Å². The van der Waals surface area contributed by atoms with Crippen molar-refractivity contribution >= 4 is 57.3 Å². The highest BCUT2D eigenvalue weighted by Gasteiger charge is 2.41. The fraction of sp³-hybridized carbons (Fsp3) is 0.125. The van der Waals surface area contributed by atoms with Crippen molar-refractivity contribution in [1.29, 1.82) is 0 Å². The number of benzene rings is 3. The Morgan fingerprint density at radius 2 is 1.83 bits per heavy atom. The number of hydrogen-bond donors (Lipinski definition) is 3. The molecule has 0 unspecified atom stereocenters. The third kappa shape index (κ3) is 5.44. The largest absolute Gasteiger partial charge is 0.478 e. The van der Waals surface area contributed by atoms with Crippen LogP contribution in [-0.2, 0) is 4.79 Å². The quantitative estimate of drug-likeness (QED) is 0.167. The van der Waals surface area contributed by atoms with Crippen LogP contribution in [0, 0.1) is 0 Å². The lowest BCUT2D eigenvalue weighted by molar-refractivity contribution is -0.116. The SMILES string of the molecule is O=C(CCN1C(=S)N[C@@H](c2ccccn2)[C@@H]1c1ccc(-c2cc(C(=O)O)ccc2Cl)o1)Nc1cccc2ccccc12. The van der Waals surface area contributed by atoms with Gasteiger partial charge in [0.2, 0.25) is 5.91 Å². The minimum atomic E-state index is -1.06. The van der Waals surface area contributed by atoms with Crippen molar-refractivity contribution < 1.29 is 19.1 Å². The Hall–Kier alpha value is -4.73. The van der Waals surface area contributed by atoms with Crippen molar-refractivity contribution in [2.45, 2.75) is 18.5 Å². The van der Waals surface area contributed by atoms with Crippen molar-refractivity contribution in [3.63, 3.8) is 0 Å². The summed E-state index contributed by atoms with van der Waals surface area (Å²) in [5.41, 5.74) is 2.07. The monoisotopic (exact) mass is 596 g/mol. The van der Waals surface area contributed by atoms with E-state index in [2.05, 4.69) is 15.6 Å². The molecule has 0 aliphatic carbocycles. The van der Waals surface area contributed by atoms with Crippen LogP contribution in [0.5, 0.6) is 0 Å². The molecule has 2 atom stereocenters. The zero-order valence-corrected chi connectivity index (χ0v) is 23.7. The van der Waals surface area contributed by atoms with Crippen LogP contribution < -0.4 is 10.6 Å². The second-order valence-corrected chi connectivity index (χ2v) is 10.6. The maximum absolute atomic E-state index is 13.1. The number of thiocarbonyl (C=S) groups is 1. The Balaban J connectivity index is 1.28. The first-order valence-corrected chi connectivity index (χ1v) is 14.1. The molecule has 2 aromatic heterocycles. The van der Waals surface area contributed by atoms with Crippen LogP contribution >= 0.6 is 23.8 Å². The number of rotatable bonds is 8. The second kappa shape index (κ2) is 11.6. The molecule has 10 heteroatoms. The lowest BCUT2D eigenvalue weighted by Gasteiger charge is -2.26. The summed E-state index contributed by atoms with van der Waals surface area (Å²) in [7, 11) is 0. The van der Waals surface area contributed by atoms with Crippen LogP contribution in [0.15, 0.2) is 102 Å². The standard InChI is InChI=1S/C32H25ClN4O4S/c33-23-12-11-20(31(39)40)18-22(23)26-13-14-27(41-26)30-29(25-9-3-4-16-34-25)36-32(42)37(30)17-15-28(38)35-24-10-5-7-19-6-1-2-8-21(19)24/h1-14,16,18,29-30H,15,17H2,(H,35,38)(H,36,42)(H,39,40)/t29-,30-/m0/s1. The van der Waals surface area contributed by atoms with Gasteiger partial charge in [0, 0.05) is 35.8 Å². The Morgan fingerprint density at radius 3 is 2.64 bits per heavy atom. The van der Waals surface area contributed by atoms with Gasteiger partial charge in [0.05, 0.1) is 22.3 Å². The molecule has 8 nitrogen and oxygen atoms in total. The molecule has 1 aliphatic heterocycles. The molecule has 1 fully saturated rings. The van der Waals surface area contributed by atoms with Gasteiger partial charge in [-0.15, -0.1) is 0 Å². The average molecular weight is 597 g/mol. The fourth-order valence-corrected chi connectivity index (χ4v) is 5.77. The van der Waals surface area contributed by atoms with Crippen molar-refractivity contribution in [1.82, 2.24) is 15.2 Å². The smallest absolute Gasteiger partial charge is 0.335 e. The molecule has 0 spiro atoms. The van der Waals surface area contributed by atoms with Crippen molar-refractivity contribution in [2.75, 3.05) is 11.9 Å². The van der Waals surface area contributed by atoms with Gasteiger partial charge in [0.25, 0.3) is 0 Å². The number of furan rings is 1. The highest BCUT2D eigenvalue weighted by molar-refractivity contribution is 7.80. The molecule has 3 heterocycles. The molecule has 1 amide bonds. The number of nitrogens with zero attached hydrogens (tertiary/aromatic N) is 2. The molecule has 6 rings (SSSR count). The van der Waals surface area contributed by atoms with E-state index < -0.39 is 12.0 Å². The van der Waals surface area contributed by atoms with E-state index in [1.165, 1.54) is 18.2 Å². The number of carbonyl (C=O) groups is 2. The number of pyridine rings is 1. The lowest BCUT2D eigenvalue weighted by atomic mass is 10.0. The van der Waals surface area contributed by atoms with E-state index in [-0.39, 0.29) is 23.9 Å². The summed E-state index contributed by atoms with van der Waals surface area (Å²) in [5.74, 6) is -0.219. The number of carboxylic acids is 1. The van der Waals surface area contributed by atoms with Gasteiger partial charge >= 0.3 is 5.97 Å². The Kier molecular flexibility index (Phi) is 7.60. The van der Waals surface area contributed by atoms with Gasteiger partial charge < -0.3 is 25.1 Å². The highest BCUT2D eigenvalue weighted by atomic mass is 35.5. The molecular formula is C32H25ClN4O4S. The van der Waals surface area contributed by atoms with Crippen LogP contribution in [0.2, 0.25) is 5.02 Å². The fourth-order valence-electron chi connectivity index (χ4n) is 5.23. The summed E-state index contributed by atoms with van der Waals surface area (Å²) in [4.78, 5) is 31.1. The third-order valence-electron chi connectivity index (χ3n) is 7.24. The normalized spacial score (nSPS) is 16.4. The molecule has 210 valence electrons. The molecule has 5 aromatic rings. The summed E-state index contributed by atoms with van der Waals surface area (Å²) < 4.78 is 6.30. The van der Waals surface area contributed by atoms with Crippen LogP contribution in [-0.4, -0.2) is 38.5 Å². The number of halogens is 1. The molecule has 0 bridgehead atoms. The molecule has 0 radical (unpaired) electrons. The minimum absolute atomic E-state index is 0.0984. The van der Waals surface area contributed by atoms with Gasteiger partial charge in [0.15, 0.2) is 5.11 Å². The van der Waals surface area contributed by atoms with E-state index in [9.17, 15) is 14.7 Å². The number of aromatic carboxylic acids is 1. The molecule has 1 saturated heterocycles. The van der Waals surface area contributed by atoms with Crippen LogP contribution in [0.4, 0.5) is 5.69 Å². The van der Waals surface area contributed by atoms with Crippen LogP contribution in [0.1, 0.15) is 40.3 Å². The minimum Gasteiger partial charge on any atom is -0.478 e. The van der Waals surface area contributed by atoms with E-state index >= 15 is 0 Å². The zero-order valence-electron chi connectivity index (χ0n) is 22.2. The van der Waals surface area contributed by atoms with Crippen molar-refractivity contribution in [3.05, 3.63) is 119 Å². The molecule has 1 aliphatic rings. The van der Waals surface area contributed by atoms with Crippen molar-refractivity contribution in [3.8, 4) is 11.3 Å². The number of hydrogen-bond acceptors (Lipinski definition) is 5. The highest BCUT2D eigenvalue weighted by Crippen LogP contribution is 2.41. The lowest BCUT2D eigenvalue weighted by Crippen LogP contribution is -2.32. The predicted molar refractivity (Wildman–Crippen MR) is 165 cm³/mol. The number of fused-ring (bicyclic) bond motifs is 1. The topological polar surface area (TPSA) is 108 Å². The van der Waals surface area contributed by atoms with E-state index in [0.29, 0.717) is 33.8 Å². The van der Waals surface area contributed by atoms with E-state index in [4.69, 9.17) is 28.2 Å². The van der Waals surface area contributed by atoms with E-state index in [1.54, 1.807) is 12.3 Å². The summed E-state index contributed by atoms with van der Waals surface area (Å²) in [6.45, 7) is 0.321. The maximum Gasteiger partial charge on any atom is 0.335 e. The molecule has 3 N–H and O–H groups in total. The van der Waals surface area contributed by atoms with Crippen LogP contribution in [0.3, 0.4) is 0 Å². The Morgan fingerprint density at radius 1 is 1.02 bits per heavy atom. The van der Waals surface area contributed by atoms with Gasteiger partial charge in [0.1, 0.15) is 17.6 Å². The van der Waals surface area contributed by atoms with E-state index in [0.717, 1.165) is 22.2 Å². The van der Waals surface area contributed by atoms with Gasteiger partial charge in [-0.25, -0.2) is 4.79 Å². The molecule has 3 aromatic carbocycles. The van der Waals surface area contributed by atoms with Crippen LogP contribution in [0.25, 0.3) is 22.1 Å². The van der Waals surface area contributed by atoms with Gasteiger partial charge in [-0.1, -0.05) is 54.1 Å². The number of carboxylic acid groups (broad SMARTS) is 1. The maximum atomic E-state index is 13.1. The average Bonchev–Trinajstić information content (AvgIpc) is 3.61. The number of nitrogens with one attached hydrogen (secondary N) is 2. The summed E-state index contributed by atoms with van der Waals surface area (Å²) in [6.07, 6.45) is 1.89. The summed E-state index contributed by atoms with van der Waals surface area (Å²) in [6, 6.07) is 26.6. The van der Waals surface area contributed by atoms with Gasteiger partial charge in [-0.2, -0.15) is 0 Å². The van der Waals surface area contributed by atoms with Gasteiger partial charge in [-0.05, 0) is 66.1 Å².